The van der Waals surface area contributed by atoms with Crippen LogP contribution in [0.5, 0.6) is 5.88 Å². The molecule has 2 aliphatic heterocycles. The molecule has 11 heteroatoms. The van der Waals surface area contributed by atoms with Crippen LogP contribution in [0, 0.1) is 0 Å². The van der Waals surface area contributed by atoms with Gasteiger partial charge in [-0.15, -0.1) is 0 Å². The van der Waals surface area contributed by atoms with Gasteiger partial charge in [0.2, 0.25) is 11.8 Å². The van der Waals surface area contributed by atoms with E-state index in [0.717, 1.165) is 18.3 Å². The number of carbonyl (C=O) groups is 2. The molecule has 1 unspecified atom stereocenters. The Labute approximate surface area is 187 Å². The number of likely N-dealkylation sites (tertiary alicyclic amines) is 1. The predicted octanol–water partition coefficient (Wildman–Crippen LogP) is 3.68. The highest BCUT2D eigenvalue weighted by atomic mass is 35.5. The van der Waals surface area contributed by atoms with Crippen LogP contribution < -0.4 is 9.64 Å². The molecule has 170 valence electrons. The van der Waals surface area contributed by atoms with Gasteiger partial charge >= 0.3 is 12.2 Å². The second-order valence-corrected chi connectivity index (χ2v) is 8.02. The van der Waals surface area contributed by atoms with Crippen molar-refractivity contribution in [1.29, 1.82) is 0 Å². The Kier molecular flexibility index (Phi) is 6.14. The van der Waals surface area contributed by atoms with E-state index >= 15 is 0 Å². The summed E-state index contributed by atoms with van der Waals surface area (Å²) in [5.41, 5.74) is -0.175. The normalized spacial score (nSPS) is 19.1. The summed E-state index contributed by atoms with van der Waals surface area (Å²) in [6.07, 6.45) is -3.44. The molecule has 4 rings (SSSR count). The summed E-state index contributed by atoms with van der Waals surface area (Å²) < 4.78 is 44.1. The number of anilines is 1. The van der Waals surface area contributed by atoms with Gasteiger partial charge in [-0.3, -0.25) is 9.69 Å². The number of pyridine rings is 1. The first-order valence-corrected chi connectivity index (χ1v) is 10.4. The average molecular weight is 469 g/mol. The number of urea groups is 1. The lowest BCUT2D eigenvalue weighted by atomic mass is 10.2. The highest BCUT2D eigenvalue weighted by Gasteiger charge is 2.35. The van der Waals surface area contributed by atoms with Crippen LogP contribution in [0.1, 0.15) is 12.0 Å². The van der Waals surface area contributed by atoms with Crippen LogP contribution in [-0.2, 0) is 11.0 Å². The van der Waals surface area contributed by atoms with Crippen molar-refractivity contribution >= 4 is 29.2 Å². The van der Waals surface area contributed by atoms with Gasteiger partial charge < -0.3 is 14.5 Å². The molecule has 0 radical (unpaired) electrons. The number of hydrogen-bond acceptors (Lipinski definition) is 4. The molecule has 32 heavy (non-hydrogen) atoms. The molecule has 2 aliphatic rings. The molecule has 0 saturated carbocycles. The number of alkyl halides is 3. The first kappa shape index (κ1) is 22.2. The Morgan fingerprint density at radius 1 is 1.19 bits per heavy atom. The van der Waals surface area contributed by atoms with Crippen molar-refractivity contribution in [3.05, 3.63) is 53.2 Å². The fraction of sp³-hybridized carbons (Fsp3) is 0.381. The van der Waals surface area contributed by atoms with Gasteiger partial charge in [0.15, 0.2) is 0 Å². The topological polar surface area (TPSA) is 66.0 Å². The molecule has 2 saturated heterocycles. The number of ether oxygens (including phenoxy) is 1. The molecule has 1 aromatic heterocycles. The van der Waals surface area contributed by atoms with Gasteiger partial charge in [0.1, 0.15) is 12.6 Å². The summed E-state index contributed by atoms with van der Waals surface area (Å²) in [5.74, 6) is -0.375. The predicted molar refractivity (Wildman–Crippen MR) is 111 cm³/mol. The highest BCUT2D eigenvalue weighted by molar-refractivity contribution is 6.30. The van der Waals surface area contributed by atoms with Crippen LogP contribution in [0.3, 0.4) is 0 Å². The molecule has 0 aliphatic carbocycles. The minimum Gasteiger partial charge on any atom is -0.472 e. The van der Waals surface area contributed by atoms with Crippen LogP contribution >= 0.6 is 11.6 Å². The molecule has 3 amide bonds. The van der Waals surface area contributed by atoms with Crippen molar-refractivity contribution in [1.82, 2.24) is 14.8 Å². The van der Waals surface area contributed by atoms with E-state index < -0.39 is 17.8 Å². The summed E-state index contributed by atoms with van der Waals surface area (Å²) >= 11 is 6.00. The Hall–Kier alpha value is -3.01. The van der Waals surface area contributed by atoms with Crippen molar-refractivity contribution in [3.8, 4) is 5.88 Å². The number of hydrogen-bond donors (Lipinski definition) is 0. The number of aromatic nitrogens is 1. The molecule has 0 bridgehead atoms. The molecule has 3 heterocycles. The monoisotopic (exact) mass is 468 g/mol. The zero-order chi connectivity index (χ0) is 22.9. The second-order valence-electron chi connectivity index (χ2n) is 7.58. The number of nitrogens with zero attached hydrogens (tertiary/aromatic N) is 4. The third kappa shape index (κ3) is 4.90. The quantitative estimate of drug-likeness (QED) is 0.671. The van der Waals surface area contributed by atoms with Crippen molar-refractivity contribution in [3.63, 3.8) is 0 Å². The van der Waals surface area contributed by atoms with Crippen LogP contribution in [-0.4, -0.2) is 65.5 Å². The minimum atomic E-state index is -4.49. The Morgan fingerprint density at radius 2 is 2.00 bits per heavy atom. The van der Waals surface area contributed by atoms with Crippen molar-refractivity contribution in [2.75, 3.05) is 37.6 Å². The maximum atomic E-state index is 12.9. The second kappa shape index (κ2) is 8.85. The largest absolute Gasteiger partial charge is 0.472 e. The van der Waals surface area contributed by atoms with Gasteiger partial charge in [-0.05, 0) is 24.3 Å². The van der Waals surface area contributed by atoms with E-state index in [2.05, 4.69) is 4.98 Å². The van der Waals surface area contributed by atoms with Gasteiger partial charge in [-0.25, -0.2) is 9.78 Å². The molecular formula is C21H20ClF3N4O3. The van der Waals surface area contributed by atoms with Gasteiger partial charge in [-0.2, -0.15) is 13.2 Å². The first-order valence-electron chi connectivity index (χ1n) is 10.0. The van der Waals surface area contributed by atoms with Crippen molar-refractivity contribution < 1.29 is 27.5 Å². The smallest absolute Gasteiger partial charge is 0.416 e. The summed E-state index contributed by atoms with van der Waals surface area (Å²) in [6.45, 7) is 1.38. The number of carbonyl (C=O) groups excluding carboxylic acids is 2. The van der Waals surface area contributed by atoms with Gasteiger partial charge in [0.25, 0.3) is 0 Å². The van der Waals surface area contributed by atoms with Crippen molar-refractivity contribution in [2.24, 2.45) is 0 Å². The first-order chi connectivity index (χ1) is 15.2. The van der Waals surface area contributed by atoms with E-state index in [1.54, 1.807) is 34.1 Å². The maximum absolute atomic E-state index is 12.9. The number of halogens is 4. The minimum absolute atomic E-state index is 0.0789. The van der Waals surface area contributed by atoms with E-state index in [-0.39, 0.29) is 30.9 Å². The highest BCUT2D eigenvalue weighted by Crippen LogP contribution is 2.31. The molecule has 1 aromatic carbocycles. The van der Waals surface area contributed by atoms with Crippen molar-refractivity contribution in [2.45, 2.75) is 18.7 Å². The van der Waals surface area contributed by atoms with Crippen LogP contribution in [0.25, 0.3) is 0 Å². The molecule has 1 atom stereocenters. The molecule has 0 spiro atoms. The molecule has 2 fully saturated rings. The van der Waals surface area contributed by atoms with Gasteiger partial charge in [0, 0.05) is 49.0 Å². The third-order valence-electron chi connectivity index (χ3n) is 5.39. The Morgan fingerprint density at radius 3 is 2.75 bits per heavy atom. The third-order valence-corrected chi connectivity index (χ3v) is 5.62. The van der Waals surface area contributed by atoms with E-state index in [1.807, 2.05) is 0 Å². The Bertz CT molecular complexity index is 1020. The summed E-state index contributed by atoms with van der Waals surface area (Å²) in [4.78, 5) is 33.8. The summed E-state index contributed by atoms with van der Waals surface area (Å²) in [5, 5.41) is 0.517. The molecular weight excluding hydrogens is 449 g/mol. The molecule has 2 aromatic rings. The number of benzene rings is 1. The van der Waals surface area contributed by atoms with Gasteiger partial charge in [-0.1, -0.05) is 17.7 Å². The Balaban J connectivity index is 1.31. The lowest BCUT2D eigenvalue weighted by molar-refractivity contribution is -0.137. The number of rotatable bonds is 5. The number of amides is 3. The van der Waals surface area contributed by atoms with Crippen LogP contribution in [0.2, 0.25) is 5.02 Å². The lowest BCUT2D eigenvalue weighted by Gasteiger charge is -2.22. The average Bonchev–Trinajstić information content (AvgIpc) is 3.35. The summed E-state index contributed by atoms with van der Waals surface area (Å²) in [7, 11) is 0. The molecule has 7 nitrogen and oxygen atoms in total. The van der Waals surface area contributed by atoms with E-state index in [9.17, 15) is 22.8 Å². The van der Waals surface area contributed by atoms with E-state index in [4.69, 9.17) is 16.3 Å². The van der Waals surface area contributed by atoms with Gasteiger partial charge in [0.05, 0.1) is 12.1 Å². The zero-order valence-electron chi connectivity index (χ0n) is 16.9. The van der Waals surface area contributed by atoms with Crippen LogP contribution in [0.4, 0.5) is 23.7 Å². The van der Waals surface area contributed by atoms with Crippen LogP contribution in [0.15, 0.2) is 42.6 Å². The zero-order valence-corrected chi connectivity index (χ0v) is 17.6. The summed E-state index contributed by atoms with van der Waals surface area (Å²) in [6, 6.07) is 8.37. The maximum Gasteiger partial charge on any atom is 0.416 e. The SMILES string of the molecule is O=C(CN1CCN(c2cccc(Cl)c2)C1=O)N1CCC(Oc2cc(C(F)(F)F)ccn2)C1. The fourth-order valence-corrected chi connectivity index (χ4v) is 3.93. The molecule has 0 N–H and O–H groups in total. The standard InChI is InChI=1S/C21H20ClF3N4O3/c22-15-2-1-3-16(11-15)29-9-8-28(20(29)31)13-19(30)27-7-5-17(12-27)32-18-10-14(4-6-26-18)21(23,24)25/h1-4,6,10-11,17H,5,7-9,12-13H2. The van der Waals surface area contributed by atoms with E-state index in [1.165, 1.54) is 4.90 Å². The fourth-order valence-electron chi connectivity index (χ4n) is 3.75. The van der Waals surface area contributed by atoms with E-state index in [0.29, 0.717) is 36.8 Å². The lowest BCUT2D eigenvalue weighted by Crippen LogP contribution is -2.42.